The Kier molecular flexibility index (Phi) is 4.75. The third kappa shape index (κ3) is 3.35. The molecule has 33 heavy (non-hydrogen) atoms. The van der Waals surface area contributed by atoms with E-state index in [2.05, 4.69) is 15.1 Å². The third-order valence-electron chi connectivity index (χ3n) is 5.49. The molecule has 0 unspecified atom stereocenters. The van der Waals surface area contributed by atoms with Crippen molar-refractivity contribution in [2.24, 2.45) is 0 Å². The molecule has 1 aliphatic rings. The van der Waals surface area contributed by atoms with E-state index in [4.69, 9.17) is 17.3 Å². The Morgan fingerprint density at radius 3 is 2.70 bits per heavy atom. The monoisotopic (exact) mass is 468 g/mol. The van der Waals surface area contributed by atoms with Crippen LogP contribution in [0.1, 0.15) is 23.9 Å². The van der Waals surface area contributed by atoms with Gasteiger partial charge in [-0.2, -0.15) is 10.4 Å². The minimum Gasteiger partial charge on any atom is -0.382 e. The van der Waals surface area contributed by atoms with Crippen molar-refractivity contribution in [3.05, 3.63) is 75.7 Å². The molecule has 9 nitrogen and oxygen atoms in total. The smallest absolute Gasteiger partial charge is 0.284 e. The summed E-state index contributed by atoms with van der Waals surface area (Å²) in [7, 11) is 0. The maximum Gasteiger partial charge on any atom is 0.284 e. The van der Waals surface area contributed by atoms with E-state index in [1.807, 2.05) is 6.07 Å². The zero-order chi connectivity index (χ0) is 23.3. The molecule has 4 aromatic rings. The summed E-state index contributed by atoms with van der Waals surface area (Å²) in [6.45, 7) is -0.738. The third-order valence-corrected chi connectivity index (χ3v) is 5.79. The molecule has 3 aromatic heterocycles. The van der Waals surface area contributed by atoms with Crippen LogP contribution in [0.15, 0.2) is 53.7 Å². The van der Waals surface area contributed by atoms with Gasteiger partial charge in [-0.25, -0.2) is 23.3 Å². The number of rotatable bonds is 3. The minimum absolute atomic E-state index is 0.0456. The van der Waals surface area contributed by atoms with Crippen LogP contribution in [0.25, 0.3) is 11.2 Å². The lowest BCUT2D eigenvalue weighted by Gasteiger charge is -2.27. The van der Waals surface area contributed by atoms with Gasteiger partial charge in [-0.15, -0.1) is 0 Å². The summed E-state index contributed by atoms with van der Waals surface area (Å²) < 4.78 is 32.1. The van der Waals surface area contributed by atoms with Gasteiger partial charge in [0.1, 0.15) is 29.3 Å². The van der Waals surface area contributed by atoms with Crippen LogP contribution >= 0.6 is 11.6 Å². The average Bonchev–Trinajstić information content (AvgIpc) is 3.33. The van der Waals surface area contributed by atoms with Gasteiger partial charge in [0.05, 0.1) is 23.3 Å². The molecule has 166 valence electrons. The van der Waals surface area contributed by atoms with Crippen LogP contribution in [-0.4, -0.2) is 36.6 Å². The number of hydrogen-bond acceptors (Lipinski definition) is 7. The molecule has 0 saturated carbocycles. The number of nitrogen functional groups attached to an aromatic ring is 1. The molecule has 12 heteroatoms. The summed E-state index contributed by atoms with van der Waals surface area (Å²) in [6.07, 6.45) is 1.94. The van der Waals surface area contributed by atoms with Crippen LogP contribution in [0.3, 0.4) is 0 Å². The molecule has 0 bridgehead atoms. The number of fused-ring (bicyclic) bond motifs is 1. The number of para-hydroxylation sites is 1. The molecule has 0 spiro atoms. The van der Waals surface area contributed by atoms with E-state index >= 15 is 0 Å². The molecule has 4 heterocycles. The Balaban J connectivity index is 1.80. The van der Waals surface area contributed by atoms with Crippen molar-refractivity contribution in [3.63, 3.8) is 0 Å². The van der Waals surface area contributed by atoms with Crippen LogP contribution in [0, 0.1) is 11.3 Å². The topological polar surface area (TPSA) is 118 Å². The predicted molar refractivity (Wildman–Crippen MR) is 117 cm³/mol. The van der Waals surface area contributed by atoms with Crippen molar-refractivity contribution in [1.29, 1.82) is 5.26 Å². The van der Waals surface area contributed by atoms with Crippen LogP contribution in [-0.2, 0) is 0 Å². The summed E-state index contributed by atoms with van der Waals surface area (Å²) in [5, 5.41) is 14.2. The molecule has 0 radical (unpaired) electrons. The van der Waals surface area contributed by atoms with Crippen LogP contribution in [0.5, 0.6) is 0 Å². The van der Waals surface area contributed by atoms with Crippen molar-refractivity contribution in [3.8, 4) is 11.8 Å². The van der Waals surface area contributed by atoms with Gasteiger partial charge in [-0.05, 0) is 18.2 Å². The largest absolute Gasteiger partial charge is 0.382 e. The minimum atomic E-state index is -3.14. The standard InChI is InChI=1S/C21H15ClF2N8O/c22-14-6-7-31-16(14)20(33)32(12-4-2-1-3-5-12)19(29-31)15-8-21(23,24)10-30(15)18-13(9-25)17(26)27-11-28-18/h1-7,11,15H,8,10H2,(H2,26,27,28)/t15-/m0/s1. The first-order chi connectivity index (χ1) is 15.8. The number of benzene rings is 1. The van der Waals surface area contributed by atoms with E-state index in [1.54, 1.807) is 30.3 Å². The highest BCUT2D eigenvalue weighted by atomic mass is 35.5. The summed E-state index contributed by atoms with van der Waals surface area (Å²) >= 11 is 6.20. The Morgan fingerprint density at radius 2 is 1.97 bits per heavy atom. The lowest BCUT2D eigenvalue weighted by Crippen LogP contribution is -2.34. The first-order valence-electron chi connectivity index (χ1n) is 9.81. The fourth-order valence-electron chi connectivity index (χ4n) is 4.07. The molecule has 1 aliphatic heterocycles. The fourth-order valence-corrected chi connectivity index (χ4v) is 4.30. The van der Waals surface area contributed by atoms with Crippen molar-refractivity contribution in [2.75, 3.05) is 17.2 Å². The molecule has 2 N–H and O–H groups in total. The van der Waals surface area contributed by atoms with Gasteiger partial charge in [0.15, 0.2) is 11.6 Å². The Morgan fingerprint density at radius 1 is 1.21 bits per heavy atom. The molecular formula is C21H15ClF2N8O. The molecular weight excluding hydrogens is 454 g/mol. The molecule has 1 saturated heterocycles. The Hall–Kier alpha value is -4.04. The van der Waals surface area contributed by atoms with Crippen molar-refractivity contribution in [1.82, 2.24) is 24.1 Å². The highest BCUT2D eigenvalue weighted by molar-refractivity contribution is 6.33. The number of nitrogens with zero attached hydrogens (tertiary/aromatic N) is 7. The van der Waals surface area contributed by atoms with Gasteiger partial charge in [0.2, 0.25) is 0 Å². The Bertz CT molecular complexity index is 1480. The summed E-state index contributed by atoms with van der Waals surface area (Å²) in [5.74, 6) is -3.27. The number of hydrogen-bond donors (Lipinski definition) is 1. The quantitative estimate of drug-likeness (QED) is 0.491. The second-order valence-corrected chi connectivity index (χ2v) is 7.97. The van der Waals surface area contributed by atoms with Gasteiger partial charge >= 0.3 is 0 Å². The van der Waals surface area contributed by atoms with Gasteiger partial charge in [0.25, 0.3) is 11.5 Å². The average molecular weight is 469 g/mol. The molecule has 1 atom stereocenters. The molecule has 0 aliphatic carbocycles. The van der Waals surface area contributed by atoms with Crippen LogP contribution in [0.2, 0.25) is 5.02 Å². The predicted octanol–water partition coefficient (Wildman–Crippen LogP) is 2.97. The summed E-state index contributed by atoms with van der Waals surface area (Å²) in [5.41, 5.74) is 5.70. The van der Waals surface area contributed by atoms with E-state index in [-0.39, 0.29) is 33.6 Å². The SMILES string of the molecule is N#Cc1c(N)ncnc1N1CC(F)(F)C[C@H]1c1nn2ccc(Cl)c2c(=O)n1-c1ccccc1. The highest BCUT2D eigenvalue weighted by Crippen LogP contribution is 2.44. The number of nitriles is 1. The lowest BCUT2D eigenvalue weighted by molar-refractivity contribution is 0.0218. The van der Waals surface area contributed by atoms with E-state index in [0.717, 1.165) is 6.33 Å². The van der Waals surface area contributed by atoms with Gasteiger partial charge < -0.3 is 10.6 Å². The van der Waals surface area contributed by atoms with Gasteiger partial charge in [-0.3, -0.25) is 9.36 Å². The Labute approximate surface area is 190 Å². The fraction of sp³-hybridized carbons (Fsp3) is 0.190. The van der Waals surface area contributed by atoms with Gasteiger partial charge in [0, 0.05) is 12.6 Å². The number of nitrogens with two attached hydrogens (primary N) is 1. The van der Waals surface area contributed by atoms with E-state index in [9.17, 15) is 18.8 Å². The molecule has 5 rings (SSSR count). The molecule has 1 fully saturated rings. The highest BCUT2D eigenvalue weighted by Gasteiger charge is 2.49. The number of alkyl halides is 2. The number of anilines is 2. The van der Waals surface area contributed by atoms with Gasteiger partial charge in [-0.1, -0.05) is 29.8 Å². The zero-order valence-corrected chi connectivity index (χ0v) is 17.6. The second-order valence-electron chi connectivity index (χ2n) is 7.56. The number of halogens is 3. The molecule has 1 aromatic carbocycles. The normalized spacial score (nSPS) is 17.4. The maximum absolute atomic E-state index is 14.8. The van der Waals surface area contributed by atoms with E-state index in [0.29, 0.717) is 5.69 Å². The van der Waals surface area contributed by atoms with E-state index in [1.165, 1.54) is 26.2 Å². The van der Waals surface area contributed by atoms with Crippen molar-refractivity contribution in [2.45, 2.75) is 18.4 Å². The van der Waals surface area contributed by atoms with E-state index < -0.39 is 30.5 Å². The van der Waals surface area contributed by atoms with Crippen molar-refractivity contribution < 1.29 is 8.78 Å². The zero-order valence-electron chi connectivity index (χ0n) is 16.9. The van der Waals surface area contributed by atoms with Crippen molar-refractivity contribution >= 4 is 28.8 Å². The summed E-state index contributed by atoms with van der Waals surface area (Å²) in [6, 6.07) is 10.8. The lowest BCUT2D eigenvalue weighted by atomic mass is 10.1. The first kappa shape index (κ1) is 20.8. The molecule has 0 amide bonds. The van der Waals surface area contributed by atoms with Crippen LogP contribution in [0.4, 0.5) is 20.4 Å². The number of aromatic nitrogens is 5. The second kappa shape index (κ2) is 7.53. The maximum atomic E-state index is 14.8. The first-order valence-corrected chi connectivity index (χ1v) is 10.2. The summed E-state index contributed by atoms with van der Waals surface area (Å²) in [4.78, 5) is 22.6. The van der Waals surface area contributed by atoms with Crippen LogP contribution < -0.4 is 16.2 Å².